The van der Waals surface area contributed by atoms with Crippen LogP contribution in [0.1, 0.15) is 33.4 Å². The van der Waals surface area contributed by atoms with E-state index in [2.05, 4.69) is 4.98 Å². The molecule has 3 N–H and O–H groups in total. The number of aromatic carboxylic acids is 1. The van der Waals surface area contributed by atoms with Crippen LogP contribution in [0.3, 0.4) is 0 Å². The molecule has 0 aliphatic heterocycles. The fourth-order valence-electron chi connectivity index (χ4n) is 1.71. The van der Waals surface area contributed by atoms with Crippen molar-refractivity contribution in [1.82, 2.24) is 4.98 Å². The molecule has 2 aromatic rings. The fraction of sp³-hybridized carbons (Fsp3) is 0.167. The number of rotatable bonds is 3. The minimum absolute atomic E-state index is 0.138. The number of benzene rings is 1. The van der Waals surface area contributed by atoms with E-state index in [4.69, 9.17) is 15.3 Å². The summed E-state index contributed by atoms with van der Waals surface area (Å²) in [7, 11) is 0. The number of carbonyl (C=O) groups is 1. The molecule has 1 heterocycles. The SMILES string of the molecule is Cc1ccccc1C(N)c1ocnc1C(=O)O. The Balaban J connectivity index is 2.44. The van der Waals surface area contributed by atoms with Crippen molar-refractivity contribution in [3.8, 4) is 0 Å². The number of carboxylic acid groups (broad SMARTS) is 1. The van der Waals surface area contributed by atoms with Crippen LogP contribution in [0, 0.1) is 6.92 Å². The molecule has 17 heavy (non-hydrogen) atoms. The van der Waals surface area contributed by atoms with Gasteiger partial charge in [-0.25, -0.2) is 9.78 Å². The van der Waals surface area contributed by atoms with Gasteiger partial charge in [0.25, 0.3) is 0 Å². The summed E-state index contributed by atoms with van der Waals surface area (Å²) in [5, 5.41) is 8.94. The highest BCUT2D eigenvalue weighted by Gasteiger charge is 2.23. The van der Waals surface area contributed by atoms with Crippen LogP contribution in [0.2, 0.25) is 0 Å². The predicted octanol–water partition coefficient (Wildman–Crippen LogP) is 1.73. The van der Waals surface area contributed by atoms with Crippen LogP contribution in [0.4, 0.5) is 0 Å². The molecule has 0 saturated heterocycles. The molecule has 1 atom stereocenters. The number of nitrogens with two attached hydrogens (primary N) is 1. The van der Waals surface area contributed by atoms with Gasteiger partial charge < -0.3 is 15.3 Å². The maximum Gasteiger partial charge on any atom is 0.358 e. The third-order valence-corrected chi connectivity index (χ3v) is 2.60. The fourth-order valence-corrected chi connectivity index (χ4v) is 1.71. The van der Waals surface area contributed by atoms with E-state index in [0.29, 0.717) is 0 Å². The molecule has 5 heteroatoms. The van der Waals surface area contributed by atoms with E-state index in [1.807, 2.05) is 31.2 Å². The zero-order valence-corrected chi connectivity index (χ0v) is 9.25. The summed E-state index contributed by atoms with van der Waals surface area (Å²) in [5.74, 6) is -0.968. The van der Waals surface area contributed by atoms with E-state index in [1.165, 1.54) is 0 Å². The Bertz CT molecular complexity index is 548. The Morgan fingerprint density at radius 1 is 1.47 bits per heavy atom. The van der Waals surface area contributed by atoms with Crippen LogP contribution >= 0.6 is 0 Å². The molecule has 0 fully saturated rings. The first kappa shape index (κ1) is 11.3. The molecule has 1 unspecified atom stereocenters. The summed E-state index contributed by atoms with van der Waals surface area (Å²) in [5.41, 5.74) is 7.67. The third kappa shape index (κ3) is 2.05. The summed E-state index contributed by atoms with van der Waals surface area (Å²) >= 11 is 0. The van der Waals surface area contributed by atoms with Gasteiger partial charge in [0.15, 0.2) is 17.8 Å². The number of aryl methyl sites for hydroxylation is 1. The molecule has 2 rings (SSSR count). The number of carboxylic acids is 1. The highest BCUT2D eigenvalue weighted by Crippen LogP contribution is 2.24. The average molecular weight is 232 g/mol. The van der Waals surface area contributed by atoms with Crippen molar-refractivity contribution in [3.63, 3.8) is 0 Å². The first-order valence-corrected chi connectivity index (χ1v) is 5.09. The highest BCUT2D eigenvalue weighted by molar-refractivity contribution is 5.86. The van der Waals surface area contributed by atoms with Gasteiger partial charge in [0.1, 0.15) is 0 Å². The van der Waals surface area contributed by atoms with E-state index in [0.717, 1.165) is 17.5 Å². The Labute approximate surface area is 97.9 Å². The summed E-state index contributed by atoms with van der Waals surface area (Å²) in [6.45, 7) is 1.91. The van der Waals surface area contributed by atoms with E-state index < -0.39 is 12.0 Å². The van der Waals surface area contributed by atoms with Crippen molar-refractivity contribution in [3.05, 3.63) is 53.2 Å². The molecule has 0 aliphatic rings. The zero-order chi connectivity index (χ0) is 12.4. The second-order valence-electron chi connectivity index (χ2n) is 3.70. The van der Waals surface area contributed by atoms with Crippen LogP contribution in [-0.4, -0.2) is 16.1 Å². The highest BCUT2D eigenvalue weighted by atomic mass is 16.4. The van der Waals surface area contributed by atoms with Gasteiger partial charge in [-0.05, 0) is 18.1 Å². The molecule has 0 spiro atoms. The van der Waals surface area contributed by atoms with Gasteiger partial charge >= 0.3 is 5.97 Å². The number of hydrogen-bond donors (Lipinski definition) is 2. The van der Waals surface area contributed by atoms with Gasteiger partial charge in [0.05, 0.1) is 6.04 Å². The lowest BCUT2D eigenvalue weighted by Crippen LogP contribution is -2.16. The lowest BCUT2D eigenvalue weighted by Gasteiger charge is -2.12. The Morgan fingerprint density at radius 3 is 2.82 bits per heavy atom. The number of nitrogens with zero attached hydrogens (tertiary/aromatic N) is 1. The molecular weight excluding hydrogens is 220 g/mol. The largest absolute Gasteiger partial charge is 0.476 e. The minimum Gasteiger partial charge on any atom is -0.476 e. The van der Waals surface area contributed by atoms with Gasteiger partial charge in [-0.2, -0.15) is 0 Å². The van der Waals surface area contributed by atoms with Crippen molar-refractivity contribution >= 4 is 5.97 Å². The summed E-state index contributed by atoms with van der Waals surface area (Å²) in [4.78, 5) is 14.6. The molecule has 0 bridgehead atoms. The van der Waals surface area contributed by atoms with Crippen LogP contribution < -0.4 is 5.73 Å². The second kappa shape index (κ2) is 4.39. The number of aromatic nitrogens is 1. The van der Waals surface area contributed by atoms with Crippen LogP contribution in [0.5, 0.6) is 0 Å². The molecular formula is C12H12N2O3. The first-order valence-electron chi connectivity index (χ1n) is 5.09. The number of hydrogen-bond acceptors (Lipinski definition) is 4. The molecule has 0 aliphatic carbocycles. The van der Waals surface area contributed by atoms with Crippen molar-refractivity contribution in [2.45, 2.75) is 13.0 Å². The lowest BCUT2D eigenvalue weighted by molar-refractivity contribution is 0.0688. The maximum absolute atomic E-state index is 10.9. The van der Waals surface area contributed by atoms with Crippen LogP contribution in [-0.2, 0) is 0 Å². The molecule has 1 aromatic carbocycles. The molecule has 88 valence electrons. The monoisotopic (exact) mass is 232 g/mol. The van der Waals surface area contributed by atoms with Crippen molar-refractivity contribution < 1.29 is 14.3 Å². The van der Waals surface area contributed by atoms with Gasteiger partial charge in [0.2, 0.25) is 0 Å². The normalized spacial score (nSPS) is 12.4. The molecule has 0 radical (unpaired) electrons. The van der Waals surface area contributed by atoms with Gasteiger partial charge in [-0.1, -0.05) is 24.3 Å². The minimum atomic E-state index is -1.14. The Morgan fingerprint density at radius 2 is 2.18 bits per heavy atom. The van der Waals surface area contributed by atoms with Crippen molar-refractivity contribution in [2.24, 2.45) is 5.73 Å². The van der Waals surface area contributed by atoms with Crippen LogP contribution in [0.25, 0.3) is 0 Å². The Hall–Kier alpha value is -2.14. The quantitative estimate of drug-likeness (QED) is 0.841. The Kier molecular flexibility index (Phi) is 2.93. The summed E-state index contributed by atoms with van der Waals surface area (Å²) in [6.07, 6.45) is 1.09. The molecule has 1 aromatic heterocycles. The molecule has 5 nitrogen and oxygen atoms in total. The van der Waals surface area contributed by atoms with E-state index in [9.17, 15) is 4.79 Å². The van der Waals surface area contributed by atoms with Gasteiger partial charge in [-0.3, -0.25) is 0 Å². The van der Waals surface area contributed by atoms with E-state index in [-0.39, 0.29) is 11.5 Å². The zero-order valence-electron chi connectivity index (χ0n) is 9.25. The van der Waals surface area contributed by atoms with E-state index >= 15 is 0 Å². The van der Waals surface area contributed by atoms with Gasteiger partial charge in [0, 0.05) is 0 Å². The maximum atomic E-state index is 10.9. The standard InChI is InChI=1S/C12H12N2O3/c1-7-4-2-3-5-8(7)9(13)11-10(12(15)16)14-6-17-11/h2-6,9H,13H2,1H3,(H,15,16). The third-order valence-electron chi connectivity index (χ3n) is 2.60. The second-order valence-corrected chi connectivity index (χ2v) is 3.70. The van der Waals surface area contributed by atoms with Gasteiger partial charge in [-0.15, -0.1) is 0 Å². The predicted molar refractivity (Wildman–Crippen MR) is 60.7 cm³/mol. The summed E-state index contributed by atoms with van der Waals surface area (Å²) < 4.78 is 5.08. The topological polar surface area (TPSA) is 89.4 Å². The molecule has 0 amide bonds. The van der Waals surface area contributed by atoms with Crippen molar-refractivity contribution in [1.29, 1.82) is 0 Å². The smallest absolute Gasteiger partial charge is 0.358 e. The lowest BCUT2D eigenvalue weighted by atomic mass is 9.99. The summed E-state index contributed by atoms with van der Waals surface area (Å²) in [6, 6.07) is 6.87. The van der Waals surface area contributed by atoms with Crippen LogP contribution in [0.15, 0.2) is 35.1 Å². The number of oxazole rings is 1. The van der Waals surface area contributed by atoms with Crippen molar-refractivity contribution in [2.75, 3.05) is 0 Å². The average Bonchev–Trinajstić information content (AvgIpc) is 2.77. The first-order chi connectivity index (χ1) is 8.11. The van der Waals surface area contributed by atoms with E-state index in [1.54, 1.807) is 0 Å². The molecule has 0 saturated carbocycles.